The zero-order valence-electron chi connectivity index (χ0n) is 17.3. The van der Waals surface area contributed by atoms with Crippen molar-refractivity contribution in [3.63, 3.8) is 0 Å². The van der Waals surface area contributed by atoms with E-state index in [0.717, 1.165) is 5.56 Å². The molecule has 0 saturated heterocycles. The Hall–Kier alpha value is -4.06. The molecule has 4 rings (SSSR count). The van der Waals surface area contributed by atoms with Crippen molar-refractivity contribution in [3.8, 4) is 23.0 Å². The van der Waals surface area contributed by atoms with E-state index < -0.39 is 5.97 Å². The van der Waals surface area contributed by atoms with Crippen molar-refractivity contribution in [2.45, 2.75) is 6.92 Å². The third-order valence-electron chi connectivity index (χ3n) is 4.83. The zero-order valence-corrected chi connectivity index (χ0v) is 17.3. The van der Waals surface area contributed by atoms with Crippen LogP contribution < -0.4 is 18.9 Å². The lowest BCUT2D eigenvalue weighted by Crippen LogP contribution is -2.08. The van der Waals surface area contributed by atoms with Crippen LogP contribution in [0, 0.1) is 6.92 Å². The number of fused-ring (bicyclic) bond motifs is 1. The van der Waals surface area contributed by atoms with Gasteiger partial charge in [0.25, 0.3) is 0 Å². The number of benzene rings is 3. The quantitative estimate of drug-likeness (QED) is 0.336. The number of esters is 1. The SMILES string of the molecule is COc1ccc(OC)c(/C=C2\Oc3cc(OC(=O)c4cccc(C)c4)ccc3C2=O)c1. The average molecular weight is 416 g/mol. The number of hydrogen-bond acceptors (Lipinski definition) is 6. The van der Waals surface area contributed by atoms with Crippen molar-refractivity contribution in [2.24, 2.45) is 0 Å². The molecule has 0 N–H and O–H groups in total. The third kappa shape index (κ3) is 4.14. The van der Waals surface area contributed by atoms with E-state index in [1.165, 1.54) is 6.07 Å². The maximum absolute atomic E-state index is 12.8. The van der Waals surface area contributed by atoms with Crippen LogP contribution in [0.3, 0.4) is 0 Å². The van der Waals surface area contributed by atoms with Gasteiger partial charge in [0, 0.05) is 11.6 Å². The van der Waals surface area contributed by atoms with Gasteiger partial charge in [-0.1, -0.05) is 17.7 Å². The normalized spacial score (nSPS) is 13.5. The number of methoxy groups -OCH3 is 2. The van der Waals surface area contributed by atoms with Crippen molar-refractivity contribution in [1.29, 1.82) is 0 Å². The van der Waals surface area contributed by atoms with Crippen LogP contribution >= 0.6 is 0 Å². The fourth-order valence-corrected chi connectivity index (χ4v) is 3.26. The molecule has 0 spiro atoms. The van der Waals surface area contributed by atoms with E-state index >= 15 is 0 Å². The molecule has 0 fully saturated rings. The molecule has 3 aromatic rings. The van der Waals surface area contributed by atoms with Gasteiger partial charge < -0.3 is 18.9 Å². The standard InChI is InChI=1S/C25H20O6/c1-15-5-4-6-16(11-15)25(27)30-19-7-9-20-22(14-19)31-23(24(20)26)13-17-12-18(28-2)8-10-21(17)29-3/h4-14H,1-3H3/b23-13-. The summed E-state index contributed by atoms with van der Waals surface area (Å²) in [4.78, 5) is 25.2. The molecule has 1 heterocycles. The Kier molecular flexibility index (Phi) is 5.45. The molecule has 156 valence electrons. The molecule has 6 nitrogen and oxygen atoms in total. The Balaban J connectivity index is 1.59. The molecule has 0 aromatic heterocycles. The monoisotopic (exact) mass is 416 g/mol. The number of ketones is 1. The molecule has 0 radical (unpaired) electrons. The predicted octanol–water partition coefficient (Wildman–Crippen LogP) is 4.85. The zero-order chi connectivity index (χ0) is 22.0. The summed E-state index contributed by atoms with van der Waals surface area (Å²) in [5.41, 5.74) is 2.44. The smallest absolute Gasteiger partial charge is 0.343 e. The van der Waals surface area contributed by atoms with Crippen molar-refractivity contribution < 1.29 is 28.5 Å². The molecule has 0 saturated carbocycles. The fourth-order valence-electron chi connectivity index (χ4n) is 3.26. The molecule has 0 amide bonds. The number of Topliss-reactive ketones (excluding diaryl/α,β-unsaturated/α-hetero) is 1. The van der Waals surface area contributed by atoms with E-state index in [1.54, 1.807) is 68.8 Å². The Bertz CT molecular complexity index is 1210. The highest BCUT2D eigenvalue weighted by atomic mass is 16.5. The first-order valence-electron chi connectivity index (χ1n) is 9.57. The van der Waals surface area contributed by atoms with Gasteiger partial charge in [-0.05, 0) is 55.5 Å². The van der Waals surface area contributed by atoms with Crippen molar-refractivity contribution in [3.05, 3.63) is 88.7 Å². The average Bonchev–Trinajstić information content (AvgIpc) is 3.08. The van der Waals surface area contributed by atoms with Crippen LogP contribution in [-0.2, 0) is 0 Å². The molecule has 3 aromatic carbocycles. The number of carbonyl (C=O) groups excluding carboxylic acids is 2. The summed E-state index contributed by atoms with van der Waals surface area (Å²) >= 11 is 0. The summed E-state index contributed by atoms with van der Waals surface area (Å²) in [6, 6.07) is 17.1. The van der Waals surface area contributed by atoms with Gasteiger partial charge in [-0.25, -0.2) is 4.79 Å². The number of allylic oxidation sites excluding steroid dienone is 1. The van der Waals surface area contributed by atoms with Gasteiger partial charge in [-0.3, -0.25) is 4.79 Å². The van der Waals surface area contributed by atoms with Crippen LogP contribution in [0.15, 0.2) is 66.4 Å². The summed E-state index contributed by atoms with van der Waals surface area (Å²) in [5.74, 6) is 1.21. The Morgan fingerprint density at radius 3 is 2.48 bits per heavy atom. The molecule has 0 atom stereocenters. The van der Waals surface area contributed by atoms with Gasteiger partial charge in [0.05, 0.1) is 25.3 Å². The van der Waals surface area contributed by atoms with E-state index in [2.05, 4.69) is 0 Å². The summed E-state index contributed by atoms with van der Waals surface area (Å²) in [5, 5.41) is 0. The minimum atomic E-state index is -0.482. The minimum absolute atomic E-state index is 0.142. The topological polar surface area (TPSA) is 71.1 Å². The van der Waals surface area contributed by atoms with E-state index in [4.69, 9.17) is 18.9 Å². The van der Waals surface area contributed by atoms with Crippen LogP contribution in [0.5, 0.6) is 23.0 Å². The first kappa shape index (κ1) is 20.2. The van der Waals surface area contributed by atoms with Gasteiger partial charge in [0.1, 0.15) is 23.0 Å². The molecular weight excluding hydrogens is 396 g/mol. The minimum Gasteiger partial charge on any atom is -0.497 e. The molecule has 0 aliphatic carbocycles. The van der Waals surface area contributed by atoms with Gasteiger partial charge in [-0.2, -0.15) is 0 Å². The number of aryl methyl sites for hydroxylation is 1. The van der Waals surface area contributed by atoms with Crippen molar-refractivity contribution in [2.75, 3.05) is 14.2 Å². The lowest BCUT2D eigenvalue weighted by atomic mass is 10.1. The van der Waals surface area contributed by atoms with Crippen LogP contribution in [0.25, 0.3) is 6.08 Å². The fraction of sp³-hybridized carbons (Fsp3) is 0.120. The third-order valence-corrected chi connectivity index (χ3v) is 4.83. The van der Waals surface area contributed by atoms with E-state index in [-0.39, 0.29) is 11.5 Å². The van der Waals surface area contributed by atoms with Gasteiger partial charge in [0.15, 0.2) is 5.76 Å². The molecule has 0 unspecified atom stereocenters. The van der Waals surface area contributed by atoms with E-state index in [0.29, 0.717) is 39.7 Å². The van der Waals surface area contributed by atoms with Crippen LogP contribution in [0.4, 0.5) is 0 Å². The second kappa shape index (κ2) is 8.36. The first-order chi connectivity index (χ1) is 15.0. The highest BCUT2D eigenvalue weighted by Gasteiger charge is 2.28. The van der Waals surface area contributed by atoms with Crippen LogP contribution in [0.1, 0.15) is 31.8 Å². The van der Waals surface area contributed by atoms with Crippen molar-refractivity contribution in [1.82, 2.24) is 0 Å². The Labute approximate surface area is 179 Å². The molecule has 0 bridgehead atoms. The Morgan fingerprint density at radius 1 is 0.935 bits per heavy atom. The molecule has 31 heavy (non-hydrogen) atoms. The number of ether oxygens (including phenoxy) is 4. The van der Waals surface area contributed by atoms with E-state index in [1.807, 2.05) is 13.0 Å². The second-order valence-electron chi connectivity index (χ2n) is 6.96. The van der Waals surface area contributed by atoms with Crippen LogP contribution in [0.2, 0.25) is 0 Å². The maximum atomic E-state index is 12.8. The summed E-state index contributed by atoms with van der Waals surface area (Å²) < 4.78 is 21.8. The van der Waals surface area contributed by atoms with Crippen LogP contribution in [-0.4, -0.2) is 26.0 Å². The number of carbonyl (C=O) groups is 2. The lowest BCUT2D eigenvalue weighted by Gasteiger charge is -2.08. The summed E-state index contributed by atoms with van der Waals surface area (Å²) in [7, 11) is 3.11. The lowest BCUT2D eigenvalue weighted by molar-refractivity contribution is 0.0734. The molecule has 1 aliphatic rings. The van der Waals surface area contributed by atoms with Gasteiger partial charge in [-0.15, -0.1) is 0 Å². The van der Waals surface area contributed by atoms with E-state index in [9.17, 15) is 9.59 Å². The number of hydrogen-bond donors (Lipinski definition) is 0. The molecular formula is C25H20O6. The van der Waals surface area contributed by atoms with Gasteiger partial charge in [0.2, 0.25) is 5.78 Å². The summed E-state index contributed by atoms with van der Waals surface area (Å²) in [6.45, 7) is 1.90. The first-order valence-corrected chi connectivity index (χ1v) is 9.57. The predicted molar refractivity (Wildman–Crippen MR) is 115 cm³/mol. The molecule has 1 aliphatic heterocycles. The number of rotatable bonds is 5. The van der Waals surface area contributed by atoms with Gasteiger partial charge >= 0.3 is 5.97 Å². The summed E-state index contributed by atoms with van der Waals surface area (Å²) in [6.07, 6.45) is 1.60. The largest absolute Gasteiger partial charge is 0.497 e. The highest BCUT2D eigenvalue weighted by molar-refractivity contribution is 6.14. The maximum Gasteiger partial charge on any atom is 0.343 e. The molecule has 6 heteroatoms. The Morgan fingerprint density at radius 2 is 1.74 bits per heavy atom. The van der Waals surface area contributed by atoms with Crippen molar-refractivity contribution >= 4 is 17.8 Å². The second-order valence-corrected chi connectivity index (χ2v) is 6.96. The highest BCUT2D eigenvalue weighted by Crippen LogP contribution is 2.36.